The van der Waals surface area contributed by atoms with Crippen molar-refractivity contribution in [3.05, 3.63) is 0 Å². The molecule has 0 aliphatic heterocycles. The summed E-state index contributed by atoms with van der Waals surface area (Å²) in [4.78, 5) is 9.86. The van der Waals surface area contributed by atoms with E-state index in [0.717, 1.165) is 12.7 Å². The molecule has 2 unspecified atom stereocenters. The van der Waals surface area contributed by atoms with Crippen LogP contribution in [0.1, 0.15) is 6.42 Å². The summed E-state index contributed by atoms with van der Waals surface area (Å²) in [6, 6.07) is 0. The van der Waals surface area contributed by atoms with E-state index in [1.54, 1.807) is 7.11 Å². The van der Waals surface area contributed by atoms with Gasteiger partial charge < -0.3 is 9.53 Å². The number of hydrogen-bond acceptors (Lipinski definition) is 2. The zero-order valence-electron chi connectivity index (χ0n) is 4.26. The van der Waals surface area contributed by atoms with E-state index < -0.39 is 0 Å². The van der Waals surface area contributed by atoms with Gasteiger partial charge in [0.25, 0.3) is 0 Å². The van der Waals surface area contributed by atoms with Crippen LogP contribution < -0.4 is 0 Å². The zero-order chi connectivity index (χ0) is 5.28. The third kappa shape index (κ3) is 0.800. The Hall–Kier alpha value is -0.370. The van der Waals surface area contributed by atoms with Crippen LogP contribution in [-0.2, 0) is 9.53 Å². The Morgan fingerprint density at radius 1 is 1.86 bits per heavy atom. The highest BCUT2D eigenvalue weighted by Crippen LogP contribution is 2.30. The fourth-order valence-electron chi connectivity index (χ4n) is 0.604. The molecule has 0 bridgehead atoms. The lowest BCUT2D eigenvalue weighted by Crippen LogP contribution is -1.90. The lowest BCUT2D eigenvalue weighted by Gasteiger charge is -1.84. The summed E-state index contributed by atoms with van der Waals surface area (Å²) in [6.45, 7) is 0. The van der Waals surface area contributed by atoms with E-state index >= 15 is 0 Å². The minimum Gasteiger partial charge on any atom is -0.381 e. The van der Waals surface area contributed by atoms with Crippen LogP contribution in [0.2, 0.25) is 0 Å². The summed E-state index contributed by atoms with van der Waals surface area (Å²) in [5.41, 5.74) is 0. The maximum absolute atomic E-state index is 9.86. The Morgan fingerprint density at radius 2 is 2.57 bits per heavy atom. The topological polar surface area (TPSA) is 26.3 Å². The van der Waals surface area contributed by atoms with Gasteiger partial charge in [-0.05, 0) is 6.42 Å². The van der Waals surface area contributed by atoms with E-state index in [1.165, 1.54) is 0 Å². The largest absolute Gasteiger partial charge is 0.381 e. The molecule has 0 aromatic carbocycles. The van der Waals surface area contributed by atoms with Crippen molar-refractivity contribution in [1.82, 2.24) is 0 Å². The molecule has 0 aromatic rings. The SMILES string of the molecule is COC1CC1C=O. The Balaban J connectivity index is 2.17. The molecule has 0 spiro atoms. The fraction of sp³-hybridized carbons (Fsp3) is 0.800. The zero-order valence-corrected chi connectivity index (χ0v) is 4.26. The number of ether oxygens (including phenoxy) is 1. The van der Waals surface area contributed by atoms with Crippen molar-refractivity contribution in [2.75, 3.05) is 7.11 Å². The Bertz CT molecular complexity index is 80.1. The van der Waals surface area contributed by atoms with Crippen LogP contribution in [0.25, 0.3) is 0 Å². The van der Waals surface area contributed by atoms with Gasteiger partial charge in [0.05, 0.1) is 6.10 Å². The quantitative estimate of drug-likeness (QED) is 0.464. The van der Waals surface area contributed by atoms with Crippen molar-refractivity contribution in [2.45, 2.75) is 12.5 Å². The van der Waals surface area contributed by atoms with Gasteiger partial charge in [-0.15, -0.1) is 0 Å². The van der Waals surface area contributed by atoms with Crippen molar-refractivity contribution in [1.29, 1.82) is 0 Å². The Kier molecular flexibility index (Phi) is 1.11. The smallest absolute Gasteiger partial charge is 0.125 e. The highest BCUT2D eigenvalue weighted by atomic mass is 16.5. The first-order valence-corrected chi connectivity index (χ1v) is 2.36. The van der Waals surface area contributed by atoms with E-state index in [9.17, 15) is 4.79 Å². The first-order chi connectivity index (χ1) is 3.38. The summed E-state index contributed by atoms with van der Waals surface area (Å²) in [6.07, 6.45) is 2.13. The minimum absolute atomic E-state index is 0.213. The summed E-state index contributed by atoms with van der Waals surface area (Å²) < 4.78 is 4.83. The van der Waals surface area contributed by atoms with Gasteiger partial charge in [-0.3, -0.25) is 0 Å². The second-order valence-electron chi connectivity index (χ2n) is 1.81. The molecule has 1 fully saturated rings. The predicted octanol–water partition coefficient (Wildman–Crippen LogP) is 0.220. The van der Waals surface area contributed by atoms with Crippen LogP contribution in [-0.4, -0.2) is 19.5 Å². The molecule has 1 rings (SSSR count). The van der Waals surface area contributed by atoms with Crippen molar-refractivity contribution in [2.24, 2.45) is 5.92 Å². The van der Waals surface area contributed by atoms with Crippen molar-refractivity contribution in [3.63, 3.8) is 0 Å². The number of rotatable bonds is 2. The lowest BCUT2D eigenvalue weighted by atomic mass is 10.5. The molecule has 0 N–H and O–H groups in total. The summed E-state index contributed by atoms with van der Waals surface area (Å²) in [5.74, 6) is 0.213. The molecule has 0 saturated heterocycles. The van der Waals surface area contributed by atoms with Gasteiger partial charge in [0, 0.05) is 13.0 Å². The molecule has 1 saturated carbocycles. The van der Waals surface area contributed by atoms with E-state index in [2.05, 4.69) is 0 Å². The van der Waals surface area contributed by atoms with Crippen molar-refractivity contribution >= 4 is 6.29 Å². The average molecular weight is 100 g/mol. The molecule has 7 heavy (non-hydrogen) atoms. The van der Waals surface area contributed by atoms with Gasteiger partial charge in [-0.1, -0.05) is 0 Å². The standard InChI is InChI=1S/C5H8O2/c1-7-5-2-4(5)3-6/h3-5H,2H2,1H3. The average Bonchev–Trinajstić information content (AvgIpc) is 2.43. The van der Waals surface area contributed by atoms with E-state index in [1.807, 2.05) is 0 Å². The fourth-order valence-corrected chi connectivity index (χ4v) is 0.604. The molecule has 2 nitrogen and oxygen atoms in total. The molecular weight excluding hydrogens is 92.1 g/mol. The van der Waals surface area contributed by atoms with E-state index in [4.69, 9.17) is 4.74 Å². The minimum atomic E-state index is 0.213. The highest BCUT2D eigenvalue weighted by molar-refractivity contribution is 5.58. The monoisotopic (exact) mass is 100 g/mol. The van der Waals surface area contributed by atoms with Crippen LogP contribution in [0.4, 0.5) is 0 Å². The summed E-state index contributed by atoms with van der Waals surface area (Å²) in [5, 5.41) is 0. The third-order valence-electron chi connectivity index (χ3n) is 1.26. The number of methoxy groups -OCH3 is 1. The van der Waals surface area contributed by atoms with Crippen molar-refractivity contribution in [3.8, 4) is 0 Å². The van der Waals surface area contributed by atoms with Gasteiger partial charge in [0.15, 0.2) is 0 Å². The third-order valence-corrected chi connectivity index (χ3v) is 1.26. The van der Waals surface area contributed by atoms with Crippen LogP contribution in [0.3, 0.4) is 0 Å². The highest BCUT2D eigenvalue weighted by Gasteiger charge is 2.36. The molecule has 0 aromatic heterocycles. The first-order valence-electron chi connectivity index (χ1n) is 2.36. The van der Waals surface area contributed by atoms with Gasteiger partial charge in [0.2, 0.25) is 0 Å². The number of carbonyl (C=O) groups is 1. The van der Waals surface area contributed by atoms with E-state index in [-0.39, 0.29) is 12.0 Å². The Labute approximate surface area is 42.5 Å². The molecule has 0 radical (unpaired) electrons. The second-order valence-corrected chi connectivity index (χ2v) is 1.81. The van der Waals surface area contributed by atoms with Crippen LogP contribution >= 0.6 is 0 Å². The molecule has 0 amide bonds. The number of hydrogen-bond donors (Lipinski definition) is 0. The second kappa shape index (κ2) is 1.62. The Morgan fingerprint density at radius 3 is 2.71 bits per heavy atom. The number of aldehydes is 1. The van der Waals surface area contributed by atoms with Gasteiger partial charge in [0.1, 0.15) is 6.29 Å². The molecule has 0 heterocycles. The molecule has 2 atom stereocenters. The summed E-state index contributed by atoms with van der Waals surface area (Å²) >= 11 is 0. The van der Waals surface area contributed by atoms with Crippen LogP contribution in [0, 0.1) is 5.92 Å². The van der Waals surface area contributed by atoms with Crippen molar-refractivity contribution < 1.29 is 9.53 Å². The molecule has 2 heteroatoms. The van der Waals surface area contributed by atoms with Gasteiger partial charge >= 0.3 is 0 Å². The maximum atomic E-state index is 9.86. The summed E-state index contributed by atoms with van der Waals surface area (Å²) in [7, 11) is 1.63. The molecular formula is C5H8O2. The van der Waals surface area contributed by atoms with Crippen LogP contribution in [0.15, 0.2) is 0 Å². The van der Waals surface area contributed by atoms with Crippen LogP contribution in [0.5, 0.6) is 0 Å². The lowest BCUT2D eigenvalue weighted by molar-refractivity contribution is -0.109. The van der Waals surface area contributed by atoms with Gasteiger partial charge in [-0.25, -0.2) is 0 Å². The maximum Gasteiger partial charge on any atom is 0.125 e. The molecule has 1 aliphatic rings. The normalized spacial score (nSPS) is 37.9. The molecule has 40 valence electrons. The van der Waals surface area contributed by atoms with Gasteiger partial charge in [-0.2, -0.15) is 0 Å². The first kappa shape index (κ1) is 4.78. The molecule has 1 aliphatic carbocycles. The van der Waals surface area contributed by atoms with E-state index in [0.29, 0.717) is 0 Å². The predicted molar refractivity (Wildman–Crippen MR) is 25.0 cm³/mol. The number of carbonyl (C=O) groups excluding carboxylic acids is 1.